The number of amides is 1. The van der Waals surface area contributed by atoms with Crippen LogP contribution in [0.2, 0.25) is 0 Å². The van der Waals surface area contributed by atoms with Gasteiger partial charge in [-0.15, -0.1) is 34.8 Å². The lowest BCUT2D eigenvalue weighted by molar-refractivity contribution is -0.115. The van der Waals surface area contributed by atoms with Crippen molar-refractivity contribution in [1.29, 1.82) is 0 Å². The molecular formula is C4H8Cl3NO. The minimum atomic E-state index is -0.406. The van der Waals surface area contributed by atoms with Crippen LogP contribution in [0.4, 0.5) is 0 Å². The number of carbonyl (C=O) groups is 1. The second-order valence-corrected chi connectivity index (χ2v) is 2.74. The van der Waals surface area contributed by atoms with E-state index in [9.17, 15) is 4.79 Å². The highest BCUT2D eigenvalue weighted by Gasteiger charge is 1.88. The van der Waals surface area contributed by atoms with Crippen molar-refractivity contribution >= 4 is 40.7 Å². The maximum atomic E-state index is 9.22. The molecule has 0 aliphatic heterocycles. The topological polar surface area (TPSA) is 43.1 Å². The number of hydrogen-bond donors (Lipinski definition) is 1. The maximum absolute atomic E-state index is 9.22. The smallest absolute Gasteiger partial charge is 0.214 e. The second-order valence-electron chi connectivity index (χ2n) is 1.16. The molecule has 5 heteroatoms. The molecule has 0 spiro atoms. The number of nitrogens with two attached hydrogens (primary N) is 1. The van der Waals surface area contributed by atoms with Gasteiger partial charge in [0, 0.05) is 6.92 Å². The molecule has 0 saturated carbocycles. The number of carbonyl (C=O) groups excluding carboxylic acids is 1. The van der Waals surface area contributed by atoms with Crippen LogP contribution in [0.3, 0.4) is 0 Å². The summed E-state index contributed by atoms with van der Waals surface area (Å²) in [6.45, 7) is 1.31. The van der Waals surface area contributed by atoms with Gasteiger partial charge in [0.1, 0.15) is 4.84 Å². The Bertz CT molecular complexity index is 72.2. The normalized spacial score (nSPS) is 8.11. The van der Waals surface area contributed by atoms with Crippen molar-refractivity contribution in [3.63, 3.8) is 0 Å². The standard InChI is InChI=1S/C2H3Cl3.C2H5NO/c3-1-2(4)5;1-2(3)4/h2H,1H2;1H3,(H2,3,4). The van der Waals surface area contributed by atoms with E-state index in [-0.39, 0.29) is 5.91 Å². The Balaban J connectivity index is 0. The van der Waals surface area contributed by atoms with E-state index in [1.165, 1.54) is 6.92 Å². The number of primary amides is 1. The Morgan fingerprint density at radius 1 is 1.67 bits per heavy atom. The Morgan fingerprint density at radius 2 is 1.78 bits per heavy atom. The van der Waals surface area contributed by atoms with E-state index in [1.54, 1.807) is 0 Å². The van der Waals surface area contributed by atoms with E-state index in [0.717, 1.165) is 0 Å². The summed E-state index contributed by atoms with van der Waals surface area (Å²) in [4.78, 5) is 8.82. The van der Waals surface area contributed by atoms with E-state index in [0.29, 0.717) is 5.88 Å². The third-order valence-corrected chi connectivity index (χ3v) is 1.05. The van der Waals surface area contributed by atoms with Crippen LogP contribution in [0.15, 0.2) is 0 Å². The minimum Gasteiger partial charge on any atom is -0.370 e. The molecule has 2 N–H and O–H groups in total. The van der Waals surface area contributed by atoms with Gasteiger partial charge < -0.3 is 5.73 Å². The van der Waals surface area contributed by atoms with Gasteiger partial charge in [-0.25, -0.2) is 0 Å². The molecule has 0 rings (SSSR count). The van der Waals surface area contributed by atoms with Gasteiger partial charge in [-0.1, -0.05) is 0 Å². The zero-order valence-electron chi connectivity index (χ0n) is 4.90. The zero-order valence-corrected chi connectivity index (χ0v) is 7.17. The molecule has 0 saturated heterocycles. The highest BCUT2D eigenvalue weighted by molar-refractivity contribution is 6.47. The molecule has 0 aliphatic carbocycles. The molecule has 9 heavy (non-hydrogen) atoms. The van der Waals surface area contributed by atoms with E-state index in [4.69, 9.17) is 34.8 Å². The van der Waals surface area contributed by atoms with Crippen molar-refractivity contribution in [1.82, 2.24) is 0 Å². The number of alkyl halides is 3. The van der Waals surface area contributed by atoms with Crippen LogP contribution in [-0.2, 0) is 4.79 Å². The van der Waals surface area contributed by atoms with Gasteiger partial charge in [-0.2, -0.15) is 0 Å². The van der Waals surface area contributed by atoms with Gasteiger partial charge >= 0.3 is 0 Å². The molecule has 0 aromatic carbocycles. The molecule has 56 valence electrons. The first-order valence-electron chi connectivity index (χ1n) is 2.10. The monoisotopic (exact) mass is 191 g/mol. The highest BCUT2D eigenvalue weighted by Crippen LogP contribution is 2.01. The first kappa shape index (κ1) is 12.1. The molecule has 0 unspecified atom stereocenters. The Morgan fingerprint density at radius 3 is 1.78 bits per heavy atom. The number of hydrogen-bond acceptors (Lipinski definition) is 1. The van der Waals surface area contributed by atoms with Crippen LogP contribution >= 0.6 is 34.8 Å². The van der Waals surface area contributed by atoms with Crippen LogP contribution in [0.25, 0.3) is 0 Å². The molecule has 2 nitrogen and oxygen atoms in total. The minimum absolute atomic E-state index is 0.309. The summed E-state index contributed by atoms with van der Waals surface area (Å²) < 4.78 is 0. The van der Waals surface area contributed by atoms with Crippen molar-refractivity contribution in [2.24, 2.45) is 5.73 Å². The molecule has 0 bridgehead atoms. The summed E-state index contributed by atoms with van der Waals surface area (Å²) >= 11 is 15.3. The van der Waals surface area contributed by atoms with Gasteiger partial charge in [0.15, 0.2) is 0 Å². The van der Waals surface area contributed by atoms with Crippen LogP contribution in [0, 0.1) is 0 Å². The van der Waals surface area contributed by atoms with Crippen LogP contribution < -0.4 is 5.73 Å². The molecule has 0 fully saturated rings. The summed E-state index contributed by atoms with van der Waals surface area (Å²) in [6, 6.07) is 0. The van der Waals surface area contributed by atoms with Crippen molar-refractivity contribution in [3.05, 3.63) is 0 Å². The molecule has 1 amide bonds. The van der Waals surface area contributed by atoms with E-state index in [1.807, 2.05) is 0 Å². The fourth-order valence-electron chi connectivity index (χ4n) is 0. The maximum Gasteiger partial charge on any atom is 0.214 e. The average Bonchev–Trinajstić information content (AvgIpc) is 1.65. The van der Waals surface area contributed by atoms with Gasteiger partial charge in [0.25, 0.3) is 0 Å². The van der Waals surface area contributed by atoms with Gasteiger partial charge in [0.05, 0.1) is 5.88 Å². The third kappa shape index (κ3) is 61.2. The van der Waals surface area contributed by atoms with Crippen molar-refractivity contribution in [2.45, 2.75) is 11.8 Å². The Labute approximate surface area is 69.3 Å². The molecule has 0 aliphatic rings. The summed E-state index contributed by atoms with van der Waals surface area (Å²) in [5, 5.41) is 0. The molecule has 0 radical (unpaired) electrons. The van der Waals surface area contributed by atoms with Crippen LogP contribution in [-0.4, -0.2) is 16.6 Å². The molecule has 0 heterocycles. The molecule has 0 atom stereocenters. The largest absolute Gasteiger partial charge is 0.370 e. The molecule has 0 aromatic heterocycles. The van der Waals surface area contributed by atoms with Crippen molar-refractivity contribution < 1.29 is 4.79 Å². The predicted octanol–water partition coefficient (Wildman–Crippen LogP) is 1.52. The fraction of sp³-hybridized carbons (Fsp3) is 0.750. The van der Waals surface area contributed by atoms with E-state index < -0.39 is 4.84 Å². The third-order valence-electron chi connectivity index (χ3n) is 0.117. The lowest BCUT2D eigenvalue weighted by Crippen LogP contribution is -2.01. The summed E-state index contributed by atoms with van der Waals surface area (Å²) in [5.74, 6) is -0.0247. The van der Waals surface area contributed by atoms with Gasteiger partial charge in [-0.05, 0) is 0 Å². The van der Waals surface area contributed by atoms with Crippen LogP contribution in [0.5, 0.6) is 0 Å². The van der Waals surface area contributed by atoms with Gasteiger partial charge in [-0.3, -0.25) is 4.79 Å². The number of halogens is 3. The first-order chi connectivity index (χ1) is 4.00. The number of rotatable bonds is 1. The van der Waals surface area contributed by atoms with Crippen molar-refractivity contribution in [2.75, 3.05) is 5.88 Å². The van der Waals surface area contributed by atoms with Crippen LogP contribution in [0.1, 0.15) is 6.92 Å². The molecule has 0 aromatic rings. The van der Waals surface area contributed by atoms with E-state index in [2.05, 4.69) is 5.73 Å². The summed E-state index contributed by atoms with van der Waals surface area (Å²) in [5.41, 5.74) is 4.47. The SMILES string of the molecule is CC(N)=O.ClCC(Cl)Cl. The predicted molar refractivity (Wildman–Crippen MR) is 41.1 cm³/mol. The summed E-state index contributed by atoms with van der Waals surface area (Å²) in [6.07, 6.45) is 0. The highest BCUT2D eigenvalue weighted by atomic mass is 35.5. The van der Waals surface area contributed by atoms with Gasteiger partial charge in [0.2, 0.25) is 5.91 Å². The lowest BCUT2D eigenvalue weighted by atomic mass is 10.8. The Kier molecular flexibility index (Phi) is 11.2. The first-order valence-corrected chi connectivity index (χ1v) is 3.51. The van der Waals surface area contributed by atoms with E-state index >= 15 is 0 Å². The average molecular weight is 192 g/mol. The summed E-state index contributed by atoms with van der Waals surface area (Å²) in [7, 11) is 0. The van der Waals surface area contributed by atoms with Crippen molar-refractivity contribution in [3.8, 4) is 0 Å². The second kappa shape index (κ2) is 8.34. The lowest BCUT2D eigenvalue weighted by Gasteiger charge is -1.82. The Hall–Kier alpha value is 0.340. The fourth-order valence-corrected chi connectivity index (χ4v) is 0. The molecular weight excluding hydrogens is 184 g/mol. The zero-order chi connectivity index (χ0) is 7.86. The quantitative estimate of drug-likeness (QED) is 0.629.